The maximum absolute atomic E-state index is 13.1. The molecule has 0 aromatic heterocycles. The Hall–Kier alpha value is -2.45. The number of halogens is 1. The van der Waals surface area contributed by atoms with Crippen molar-refractivity contribution in [2.45, 2.75) is 37.8 Å². The summed E-state index contributed by atoms with van der Waals surface area (Å²) in [5.74, 6) is -1.73. The standard InChI is InChI=1S/C19H22N4O4.ClH/c1-22-15(24)6-5-14(18(22)26)23-17(25)12-3-2-4-13(16(12)19(23)27)21-11-7-9-20-10-8-11;/h2-4,11,14,20-21H,5-10H2,1H3;1H. The van der Waals surface area contributed by atoms with Gasteiger partial charge in [-0.2, -0.15) is 0 Å². The van der Waals surface area contributed by atoms with Crippen LogP contribution >= 0.6 is 12.4 Å². The highest BCUT2D eigenvalue weighted by Gasteiger charge is 2.47. The Kier molecular flexibility index (Phi) is 5.71. The maximum atomic E-state index is 13.1. The van der Waals surface area contributed by atoms with Crippen LogP contribution in [0, 0.1) is 0 Å². The van der Waals surface area contributed by atoms with Gasteiger partial charge >= 0.3 is 0 Å². The van der Waals surface area contributed by atoms with Crippen LogP contribution in [0.25, 0.3) is 0 Å². The first kappa shape index (κ1) is 20.3. The summed E-state index contributed by atoms with van der Waals surface area (Å²) in [6, 6.07) is 4.47. The highest BCUT2D eigenvalue weighted by Crippen LogP contribution is 2.33. The predicted molar refractivity (Wildman–Crippen MR) is 105 cm³/mol. The van der Waals surface area contributed by atoms with Gasteiger partial charge in [0.15, 0.2) is 0 Å². The molecule has 1 aromatic carbocycles. The highest BCUT2D eigenvalue weighted by molar-refractivity contribution is 6.25. The van der Waals surface area contributed by atoms with E-state index in [0.29, 0.717) is 16.8 Å². The molecule has 9 heteroatoms. The summed E-state index contributed by atoms with van der Waals surface area (Å²) in [6.45, 7) is 1.81. The first-order valence-electron chi connectivity index (χ1n) is 9.27. The van der Waals surface area contributed by atoms with Crippen LogP contribution in [-0.2, 0) is 9.59 Å². The molecule has 3 aliphatic rings. The van der Waals surface area contributed by atoms with Gasteiger partial charge in [0.2, 0.25) is 5.91 Å². The fraction of sp³-hybridized carbons (Fsp3) is 0.474. The molecule has 2 fully saturated rings. The predicted octanol–water partition coefficient (Wildman–Crippen LogP) is 1.02. The van der Waals surface area contributed by atoms with Crippen molar-refractivity contribution in [3.63, 3.8) is 0 Å². The number of imide groups is 2. The third-order valence-electron chi connectivity index (χ3n) is 5.58. The van der Waals surface area contributed by atoms with Gasteiger partial charge in [0, 0.05) is 25.2 Å². The lowest BCUT2D eigenvalue weighted by atomic mass is 10.0. The first-order valence-corrected chi connectivity index (χ1v) is 9.27. The van der Waals surface area contributed by atoms with Gasteiger partial charge in [-0.25, -0.2) is 0 Å². The maximum Gasteiger partial charge on any atom is 0.264 e. The summed E-state index contributed by atoms with van der Waals surface area (Å²) >= 11 is 0. The van der Waals surface area contributed by atoms with E-state index < -0.39 is 23.8 Å². The van der Waals surface area contributed by atoms with Crippen molar-refractivity contribution in [3.05, 3.63) is 29.3 Å². The molecule has 0 bridgehead atoms. The minimum absolute atomic E-state index is 0. The zero-order chi connectivity index (χ0) is 19.1. The van der Waals surface area contributed by atoms with Crippen LogP contribution in [0.15, 0.2) is 18.2 Å². The summed E-state index contributed by atoms with van der Waals surface area (Å²) < 4.78 is 0. The minimum atomic E-state index is -0.924. The van der Waals surface area contributed by atoms with E-state index in [4.69, 9.17) is 0 Å². The SMILES string of the molecule is CN1C(=O)CCC(N2C(=O)c3cccc(NC4CCNCC4)c3C2=O)C1=O.Cl. The van der Waals surface area contributed by atoms with Crippen molar-refractivity contribution >= 4 is 41.7 Å². The van der Waals surface area contributed by atoms with E-state index in [-0.39, 0.29) is 37.2 Å². The molecule has 2 saturated heterocycles. The van der Waals surface area contributed by atoms with Crippen molar-refractivity contribution in [2.75, 3.05) is 25.5 Å². The van der Waals surface area contributed by atoms with Crippen LogP contribution in [0.2, 0.25) is 0 Å². The van der Waals surface area contributed by atoms with Crippen molar-refractivity contribution in [1.29, 1.82) is 0 Å². The molecule has 3 heterocycles. The molecular formula is C19H23ClN4O4. The summed E-state index contributed by atoms with van der Waals surface area (Å²) in [5, 5.41) is 6.69. The molecule has 4 rings (SSSR count). The molecule has 3 aliphatic heterocycles. The Morgan fingerprint density at radius 1 is 1.04 bits per heavy atom. The number of hydrogen-bond acceptors (Lipinski definition) is 6. The van der Waals surface area contributed by atoms with E-state index in [1.54, 1.807) is 18.2 Å². The molecule has 0 saturated carbocycles. The fourth-order valence-corrected chi connectivity index (χ4v) is 4.03. The molecule has 4 amide bonds. The lowest BCUT2D eigenvalue weighted by Gasteiger charge is -2.32. The Bertz CT molecular complexity index is 837. The quantitative estimate of drug-likeness (QED) is 0.727. The largest absolute Gasteiger partial charge is 0.382 e. The lowest BCUT2D eigenvalue weighted by molar-refractivity contribution is -0.149. The van der Waals surface area contributed by atoms with Crippen LogP contribution in [0.5, 0.6) is 0 Å². The highest BCUT2D eigenvalue weighted by atomic mass is 35.5. The number of carbonyl (C=O) groups excluding carboxylic acids is 4. The number of benzene rings is 1. The van der Waals surface area contributed by atoms with Gasteiger partial charge in [-0.3, -0.25) is 29.0 Å². The molecule has 150 valence electrons. The Morgan fingerprint density at radius 3 is 2.46 bits per heavy atom. The third kappa shape index (κ3) is 3.27. The van der Waals surface area contributed by atoms with Gasteiger partial charge in [0.05, 0.1) is 11.1 Å². The van der Waals surface area contributed by atoms with Gasteiger partial charge in [-0.15, -0.1) is 12.4 Å². The second-order valence-electron chi connectivity index (χ2n) is 7.22. The number of likely N-dealkylation sites (tertiary alicyclic amines) is 1. The molecule has 8 nitrogen and oxygen atoms in total. The topological polar surface area (TPSA) is 98.8 Å². The number of hydrogen-bond donors (Lipinski definition) is 2. The van der Waals surface area contributed by atoms with E-state index in [2.05, 4.69) is 10.6 Å². The van der Waals surface area contributed by atoms with E-state index in [0.717, 1.165) is 35.7 Å². The number of rotatable bonds is 3. The van der Waals surface area contributed by atoms with E-state index >= 15 is 0 Å². The molecular weight excluding hydrogens is 384 g/mol. The third-order valence-corrected chi connectivity index (χ3v) is 5.58. The number of amides is 4. The first-order chi connectivity index (χ1) is 13.0. The van der Waals surface area contributed by atoms with Crippen LogP contribution in [-0.4, -0.2) is 65.6 Å². The molecule has 1 aromatic rings. The number of nitrogens with one attached hydrogen (secondary N) is 2. The van der Waals surface area contributed by atoms with Crippen molar-refractivity contribution < 1.29 is 19.2 Å². The Balaban J connectivity index is 0.00000225. The molecule has 1 unspecified atom stereocenters. The number of anilines is 1. The normalized spacial score (nSPS) is 23.0. The number of nitrogens with zero attached hydrogens (tertiary/aromatic N) is 2. The summed E-state index contributed by atoms with van der Waals surface area (Å²) in [6.07, 6.45) is 2.18. The lowest BCUT2D eigenvalue weighted by Crippen LogP contribution is -2.54. The number of fused-ring (bicyclic) bond motifs is 1. The van der Waals surface area contributed by atoms with Gasteiger partial charge in [-0.1, -0.05) is 6.07 Å². The van der Waals surface area contributed by atoms with E-state index in [1.807, 2.05) is 0 Å². The number of likely N-dealkylation sites (N-methyl/N-ethyl adjacent to an activating group) is 1. The second kappa shape index (κ2) is 7.89. The monoisotopic (exact) mass is 406 g/mol. The molecule has 0 radical (unpaired) electrons. The van der Waals surface area contributed by atoms with Crippen LogP contribution in [0.3, 0.4) is 0 Å². The van der Waals surface area contributed by atoms with Gasteiger partial charge in [0.25, 0.3) is 17.7 Å². The van der Waals surface area contributed by atoms with Crippen LogP contribution in [0.4, 0.5) is 5.69 Å². The molecule has 2 N–H and O–H groups in total. The fourth-order valence-electron chi connectivity index (χ4n) is 4.03. The minimum Gasteiger partial charge on any atom is -0.382 e. The van der Waals surface area contributed by atoms with Gasteiger partial charge in [0.1, 0.15) is 6.04 Å². The van der Waals surface area contributed by atoms with Crippen LogP contribution < -0.4 is 10.6 Å². The van der Waals surface area contributed by atoms with Crippen molar-refractivity contribution in [3.8, 4) is 0 Å². The van der Waals surface area contributed by atoms with Gasteiger partial charge in [-0.05, 0) is 44.5 Å². The molecule has 28 heavy (non-hydrogen) atoms. The Labute approximate surface area is 169 Å². The molecule has 0 aliphatic carbocycles. The molecule has 1 atom stereocenters. The summed E-state index contributed by atoms with van der Waals surface area (Å²) in [7, 11) is 1.39. The smallest absolute Gasteiger partial charge is 0.264 e. The van der Waals surface area contributed by atoms with E-state index in [9.17, 15) is 19.2 Å². The average Bonchev–Trinajstić information content (AvgIpc) is 2.93. The van der Waals surface area contributed by atoms with Crippen LogP contribution in [0.1, 0.15) is 46.4 Å². The zero-order valence-electron chi connectivity index (χ0n) is 15.6. The molecule has 0 spiro atoms. The van der Waals surface area contributed by atoms with Crippen molar-refractivity contribution in [2.24, 2.45) is 0 Å². The number of carbonyl (C=O) groups is 4. The zero-order valence-corrected chi connectivity index (χ0v) is 16.4. The average molecular weight is 407 g/mol. The van der Waals surface area contributed by atoms with Gasteiger partial charge < -0.3 is 10.6 Å². The summed E-state index contributed by atoms with van der Waals surface area (Å²) in [5.41, 5.74) is 1.27. The summed E-state index contributed by atoms with van der Waals surface area (Å²) in [4.78, 5) is 52.3. The Morgan fingerprint density at radius 2 is 1.75 bits per heavy atom. The van der Waals surface area contributed by atoms with E-state index in [1.165, 1.54) is 7.05 Å². The van der Waals surface area contributed by atoms with Crippen molar-refractivity contribution in [1.82, 2.24) is 15.1 Å². The second-order valence-corrected chi connectivity index (χ2v) is 7.22. The number of piperidine rings is 2.